The summed E-state index contributed by atoms with van der Waals surface area (Å²) in [6, 6.07) is 0. The van der Waals surface area contributed by atoms with Crippen molar-refractivity contribution in [1.29, 1.82) is 0 Å². The van der Waals surface area contributed by atoms with Crippen molar-refractivity contribution in [2.45, 2.75) is 19.3 Å². The average molecular weight is 169 g/mol. The van der Waals surface area contributed by atoms with Crippen LogP contribution in [-0.2, 0) is 4.79 Å². The zero-order valence-corrected chi connectivity index (χ0v) is 7.12. The molecule has 12 heavy (non-hydrogen) atoms. The van der Waals surface area contributed by atoms with E-state index < -0.39 is 5.97 Å². The number of carbonyl (C=O) groups is 1. The number of hydrogen-bond donors (Lipinski definition) is 2. The molecule has 2 N–H and O–H groups in total. The molecule has 1 saturated heterocycles. The molecule has 3 nitrogen and oxygen atoms in total. The Kier molecular flexibility index (Phi) is 3.80. The molecule has 0 aliphatic carbocycles. The fraction of sp³-hybridized carbons (Fsp3) is 0.667. The highest BCUT2D eigenvalue weighted by molar-refractivity contribution is 5.79. The van der Waals surface area contributed by atoms with E-state index >= 15 is 0 Å². The van der Waals surface area contributed by atoms with Crippen LogP contribution in [0, 0.1) is 5.92 Å². The lowest BCUT2D eigenvalue weighted by molar-refractivity contribution is -0.131. The van der Waals surface area contributed by atoms with Crippen molar-refractivity contribution >= 4 is 5.97 Å². The summed E-state index contributed by atoms with van der Waals surface area (Å²) in [5, 5.41) is 11.6. The van der Waals surface area contributed by atoms with Gasteiger partial charge >= 0.3 is 5.97 Å². The summed E-state index contributed by atoms with van der Waals surface area (Å²) in [5.74, 6) is -0.215. The number of carboxylic acids is 1. The minimum atomic E-state index is -0.848. The highest BCUT2D eigenvalue weighted by Gasteiger charge is 2.10. The SMILES string of the molecule is O=C(O)/C=C\CC1CCCNC1. The fourth-order valence-corrected chi connectivity index (χ4v) is 1.49. The molecule has 1 fully saturated rings. The van der Waals surface area contributed by atoms with E-state index in [0.717, 1.165) is 19.5 Å². The van der Waals surface area contributed by atoms with Gasteiger partial charge in [-0.2, -0.15) is 0 Å². The van der Waals surface area contributed by atoms with Gasteiger partial charge in [-0.05, 0) is 38.3 Å². The molecule has 0 aromatic carbocycles. The first-order chi connectivity index (χ1) is 5.79. The molecule has 1 heterocycles. The summed E-state index contributed by atoms with van der Waals surface area (Å²) in [5.41, 5.74) is 0. The Morgan fingerprint density at radius 3 is 3.08 bits per heavy atom. The van der Waals surface area contributed by atoms with Gasteiger partial charge in [0.05, 0.1) is 0 Å². The van der Waals surface area contributed by atoms with Crippen LogP contribution in [0.4, 0.5) is 0 Å². The highest BCUT2D eigenvalue weighted by Crippen LogP contribution is 2.13. The second-order valence-corrected chi connectivity index (χ2v) is 3.19. The predicted molar refractivity (Wildman–Crippen MR) is 47.0 cm³/mol. The summed E-state index contributed by atoms with van der Waals surface area (Å²) in [7, 11) is 0. The Hall–Kier alpha value is -0.830. The van der Waals surface area contributed by atoms with E-state index in [0.29, 0.717) is 5.92 Å². The maximum absolute atomic E-state index is 10.1. The van der Waals surface area contributed by atoms with E-state index in [2.05, 4.69) is 5.32 Å². The van der Waals surface area contributed by atoms with Crippen LogP contribution in [0.5, 0.6) is 0 Å². The first-order valence-corrected chi connectivity index (χ1v) is 4.39. The van der Waals surface area contributed by atoms with Crippen LogP contribution in [0.15, 0.2) is 12.2 Å². The largest absolute Gasteiger partial charge is 0.478 e. The van der Waals surface area contributed by atoms with Gasteiger partial charge in [-0.3, -0.25) is 0 Å². The van der Waals surface area contributed by atoms with Gasteiger partial charge in [-0.15, -0.1) is 0 Å². The van der Waals surface area contributed by atoms with Gasteiger partial charge in [0.1, 0.15) is 0 Å². The Morgan fingerprint density at radius 2 is 2.50 bits per heavy atom. The Morgan fingerprint density at radius 1 is 1.67 bits per heavy atom. The number of nitrogens with one attached hydrogen (secondary N) is 1. The van der Waals surface area contributed by atoms with Crippen molar-refractivity contribution in [3.8, 4) is 0 Å². The molecule has 3 heteroatoms. The standard InChI is InChI=1S/C9H15NO2/c11-9(12)5-1-3-8-4-2-6-10-7-8/h1,5,8,10H,2-4,6-7H2,(H,11,12)/b5-1-. The van der Waals surface area contributed by atoms with E-state index in [1.807, 2.05) is 0 Å². The number of hydrogen-bond acceptors (Lipinski definition) is 2. The fourth-order valence-electron chi connectivity index (χ4n) is 1.49. The van der Waals surface area contributed by atoms with E-state index in [9.17, 15) is 4.79 Å². The molecule has 0 aromatic rings. The van der Waals surface area contributed by atoms with Gasteiger partial charge < -0.3 is 10.4 Å². The van der Waals surface area contributed by atoms with Crippen LogP contribution in [0.2, 0.25) is 0 Å². The molecule has 0 bridgehead atoms. The number of aliphatic carboxylic acids is 1. The average Bonchev–Trinajstić information content (AvgIpc) is 2.05. The Balaban J connectivity index is 2.17. The third-order valence-electron chi connectivity index (χ3n) is 2.13. The zero-order chi connectivity index (χ0) is 8.81. The maximum atomic E-state index is 10.1. The van der Waals surface area contributed by atoms with Crippen LogP contribution in [-0.4, -0.2) is 24.2 Å². The number of rotatable bonds is 3. The van der Waals surface area contributed by atoms with Gasteiger partial charge in [0.15, 0.2) is 0 Å². The van der Waals surface area contributed by atoms with Crippen LogP contribution in [0.25, 0.3) is 0 Å². The van der Waals surface area contributed by atoms with E-state index in [4.69, 9.17) is 5.11 Å². The molecule has 0 saturated carbocycles. The molecule has 1 unspecified atom stereocenters. The predicted octanol–water partition coefficient (Wildman–Crippen LogP) is 1.02. The lowest BCUT2D eigenvalue weighted by atomic mass is 9.96. The second-order valence-electron chi connectivity index (χ2n) is 3.19. The van der Waals surface area contributed by atoms with Crippen LogP contribution in [0.1, 0.15) is 19.3 Å². The summed E-state index contributed by atoms with van der Waals surface area (Å²) < 4.78 is 0. The van der Waals surface area contributed by atoms with Crippen LogP contribution >= 0.6 is 0 Å². The minimum Gasteiger partial charge on any atom is -0.478 e. The topological polar surface area (TPSA) is 49.3 Å². The molecule has 0 amide bonds. The quantitative estimate of drug-likeness (QED) is 0.620. The smallest absolute Gasteiger partial charge is 0.327 e. The van der Waals surface area contributed by atoms with Crippen molar-refractivity contribution in [2.24, 2.45) is 5.92 Å². The molecule has 1 aliphatic rings. The van der Waals surface area contributed by atoms with E-state index in [1.54, 1.807) is 6.08 Å². The lowest BCUT2D eigenvalue weighted by Gasteiger charge is -2.20. The molecule has 0 aromatic heterocycles. The van der Waals surface area contributed by atoms with Crippen molar-refractivity contribution < 1.29 is 9.90 Å². The van der Waals surface area contributed by atoms with Crippen LogP contribution < -0.4 is 5.32 Å². The normalized spacial score (nSPS) is 24.5. The van der Waals surface area contributed by atoms with E-state index in [-0.39, 0.29) is 0 Å². The van der Waals surface area contributed by atoms with Gasteiger partial charge in [0.2, 0.25) is 0 Å². The number of allylic oxidation sites excluding steroid dienone is 1. The summed E-state index contributed by atoms with van der Waals surface area (Å²) in [4.78, 5) is 10.1. The van der Waals surface area contributed by atoms with Crippen molar-refractivity contribution in [2.75, 3.05) is 13.1 Å². The van der Waals surface area contributed by atoms with Crippen molar-refractivity contribution in [1.82, 2.24) is 5.32 Å². The highest BCUT2D eigenvalue weighted by atomic mass is 16.4. The number of piperidine rings is 1. The molecule has 1 atom stereocenters. The lowest BCUT2D eigenvalue weighted by Crippen LogP contribution is -2.29. The molecule has 0 radical (unpaired) electrons. The summed E-state index contributed by atoms with van der Waals surface area (Å²) in [6.07, 6.45) is 6.30. The molecule has 1 rings (SSSR count). The first kappa shape index (κ1) is 9.26. The Labute approximate surface area is 72.5 Å². The molecule has 68 valence electrons. The van der Waals surface area contributed by atoms with Crippen molar-refractivity contribution in [3.63, 3.8) is 0 Å². The van der Waals surface area contributed by atoms with Gasteiger partial charge in [-0.25, -0.2) is 4.79 Å². The third kappa shape index (κ3) is 3.53. The van der Waals surface area contributed by atoms with E-state index in [1.165, 1.54) is 18.9 Å². The summed E-state index contributed by atoms with van der Waals surface area (Å²) in [6.45, 7) is 2.14. The second kappa shape index (κ2) is 4.93. The summed E-state index contributed by atoms with van der Waals surface area (Å²) >= 11 is 0. The maximum Gasteiger partial charge on any atom is 0.327 e. The van der Waals surface area contributed by atoms with Crippen LogP contribution in [0.3, 0.4) is 0 Å². The van der Waals surface area contributed by atoms with Gasteiger partial charge in [0, 0.05) is 6.08 Å². The third-order valence-corrected chi connectivity index (χ3v) is 2.13. The molecule has 1 aliphatic heterocycles. The van der Waals surface area contributed by atoms with Crippen molar-refractivity contribution in [3.05, 3.63) is 12.2 Å². The minimum absolute atomic E-state index is 0.634. The first-order valence-electron chi connectivity index (χ1n) is 4.39. The molecular formula is C9H15NO2. The van der Waals surface area contributed by atoms with Gasteiger partial charge in [-0.1, -0.05) is 6.08 Å². The zero-order valence-electron chi connectivity index (χ0n) is 7.12. The van der Waals surface area contributed by atoms with Gasteiger partial charge in [0.25, 0.3) is 0 Å². The monoisotopic (exact) mass is 169 g/mol. The number of carboxylic acid groups (broad SMARTS) is 1. The Bertz CT molecular complexity index is 171. The molecule has 0 spiro atoms. The molecular weight excluding hydrogens is 154 g/mol.